The van der Waals surface area contributed by atoms with Crippen LogP contribution in [-0.2, 0) is 23.8 Å². The molecule has 0 aliphatic rings. The smallest absolute Gasteiger partial charge is 0.306 e. The first-order valence-electron chi connectivity index (χ1n) is 26.8. The van der Waals surface area contributed by atoms with E-state index in [1.165, 1.54) is 173 Å². The first kappa shape index (κ1) is 59.6. The molecule has 0 N–H and O–H groups in total. The maximum atomic E-state index is 12.8. The highest BCUT2D eigenvalue weighted by atomic mass is 16.6. The summed E-state index contributed by atoms with van der Waals surface area (Å²) >= 11 is 0. The summed E-state index contributed by atoms with van der Waals surface area (Å²) in [7, 11) is 0. The van der Waals surface area contributed by atoms with Crippen molar-refractivity contribution in [2.24, 2.45) is 0 Å². The molecular weight excluding hydrogens is 765 g/mol. The molecule has 0 saturated carbocycles. The zero-order chi connectivity index (χ0) is 44.9. The van der Waals surface area contributed by atoms with E-state index in [1.54, 1.807) is 0 Å². The Hall–Kier alpha value is -2.40. The molecule has 5 heteroatoms. The predicted molar refractivity (Wildman–Crippen MR) is 270 cm³/mol. The summed E-state index contributed by atoms with van der Waals surface area (Å²) in [4.78, 5) is 25.3. The second-order valence-electron chi connectivity index (χ2n) is 17.8. The third-order valence-corrected chi connectivity index (χ3v) is 11.6. The number of unbranched alkanes of at least 4 members (excludes halogenated alkanes) is 28. The number of esters is 2. The van der Waals surface area contributed by atoms with Gasteiger partial charge in [-0.15, -0.1) is 0 Å². The van der Waals surface area contributed by atoms with E-state index in [1.807, 2.05) is 6.08 Å². The number of allylic oxidation sites excluding steroid dienone is 10. The summed E-state index contributed by atoms with van der Waals surface area (Å²) in [6, 6.07) is 0. The zero-order valence-corrected chi connectivity index (χ0v) is 41.4. The fourth-order valence-corrected chi connectivity index (χ4v) is 7.55. The molecule has 0 amide bonds. The zero-order valence-electron chi connectivity index (χ0n) is 41.4. The summed E-state index contributed by atoms with van der Waals surface area (Å²) in [5, 5.41) is 0. The van der Waals surface area contributed by atoms with Gasteiger partial charge < -0.3 is 14.2 Å². The molecule has 0 saturated heterocycles. The van der Waals surface area contributed by atoms with Gasteiger partial charge in [-0.05, 0) is 57.8 Å². The highest BCUT2D eigenvalue weighted by Crippen LogP contribution is 2.15. The van der Waals surface area contributed by atoms with Crippen LogP contribution in [0.5, 0.6) is 0 Å². The van der Waals surface area contributed by atoms with E-state index in [4.69, 9.17) is 14.2 Å². The maximum Gasteiger partial charge on any atom is 0.306 e. The van der Waals surface area contributed by atoms with Crippen LogP contribution in [0.3, 0.4) is 0 Å². The summed E-state index contributed by atoms with van der Waals surface area (Å²) in [5.41, 5.74) is 0. The van der Waals surface area contributed by atoms with Gasteiger partial charge in [0.15, 0.2) is 6.10 Å². The van der Waals surface area contributed by atoms with Crippen molar-refractivity contribution in [3.8, 4) is 0 Å². The van der Waals surface area contributed by atoms with E-state index < -0.39 is 6.10 Å². The molecule has 0 aliphatic heterocycles. The minimum Gasteiger partial charge on any atom is -0.462 e. The van der Waals surface area contributed by atoms with E-state index >= 15 is 0 Å². The van der Waals surface area contributed by atoms with Crippen LogP contribution < -0.4 is 0 Å². The van der Waals surface area contributed by atoms with Gasteiger partial charge >= 0.3 is 11.9 Å². The minimum atomic E-state index is -0.572. The highest BCUT2D eigenvalue weighted by Gasteiger charge is 2.17. The molecule has 0 fully saturated rings. The van der Waals surface area contributed by atoms with Gasteiger partial charge in [-0.3, -0.25) is 9.59 Å². The van der Waals surface area contributed by atoms with Crippen LogP contribution in [0.25, 0.3) is 0 Å². The lowest BCUT2D eigenvalue weighted by Crippen LogP contribution is -2.30. The van der Waals surface area contributed by atoms with Crippen molar-refractivity contribution in [2.45, 2.75) is 271 Å². The van der Waals surface area contributed by atoms with E-state index in [2.05, 4.69) is 75.5 Å². The molecule has 0 bridgehead atoms. The van der Waals surface area contributed by atoms with Crippen LogP contribution in [0.4, 0.5) is 0 Å². The Bertz CT molecular complexity index is 1070. The predicted octanol–water partition coefficient (Wildman–Crippen LogP) is 18.1. The number of hydrogen-bond donors (Lipinski definition) is 0. The van der Waals surface area contributed by atoms with Crippen LogP contribution in [0, 0.1) is 0 Å². The molecule has 0 unspecified atom stereocenters. The Morgan fingerprint density at radius 1 is 0.355 bits per heavy atom. The Morgan fingerprint density at radius 3 is 1.15 bits per heavy atom. The van der Waals surface area contributed by atoms with Gasteiger partial charge in [-0.2, -0.15) is 0 Å². The molecule has 1 atom stereocenters. The van der Waals surface area contributed by atoms with Gasteiger partial charge in [0, 0.05) is 19.4 Å². The van der Waals surface area contributed by atoms with Crippen LogP contribution in [0.2, 0.25) is 0 Å². The summed E-state index contributed by atoms with van der Waals surface area (Å²) < 4.78 is 17.3. The van der Waals surface area contributed by atoms with E-state index in [-0.39, 0.29) is 25.2 Å². The van der Waals surface area contributed by atoms with Gasteiger partial charge in [0.1, 0.15) is 6.61 Å². The molecule has 0 heterocycles. The summed E-state index contributed by atoms with van der Waals surface area (Å²) in [5.74, 6) is -0.482. The van der Waals surface area contributed by atoms with Gasteiger partial charge in [0.25, 0.3) is 0 Å². The number of hydrogen-bond acceptors (Lipinski definition) is 5. The van der Waals surface area contributed by atoms with Crippen molar-refractivity contribution < 1.29 is 23.8 Å². The minimum absolute atomic E-state index is 0.0590. The third kappa shape index (κ3) is 50.2. The molecule has 0 radical (unpaired) electrons. The quantitative estimate of drug-likeness (QED) is 0.0346. The second kappa shape index (κ2) is 52.9. The normalized spacial score (nSPS) is 12.6. The lowest BCUT2D eigenvalue weighted by molar-refractivity contribution is -0.162. The third-order valence-electron chi connectivity index (χ3n) is 11.6. The Morgan fingerprint density at radius 2 is 0.710 bits per heavy atom. The molecular formula is C57H102O5. The topological polar surface area (TPSA) is 61.8 Å². The number of rotatable bonds is 49. The molecule has 0 rings (SSSR count). The maximum absolute atomic E-state index is 12.8. The standard InChI is InChI=1S/C57H102O5/c1-4-7-10-13-16-19-22-24-26-28-29-30-31-33-36-39-42-45-48-51-57(59)62-55(54-61-56(58)50-47-44-41-38-35-21-18-15-12-9-6-3)53-60-52-49-46-43-40-37-34-32-27-25-23-20-17-14-11-8-5-2/h16,19,24,26,29-30,33,36,42,45,55H,4-15,17-18,20-23,25,27-28,31-32,34-35,37-41,43-44,46-54H2,1-3H3/b19-16-,26-24-,30-29-,36-33-,45-42-/t55-/m1/s1. The average molecular weight is 867 g/mol. The second-order valence-corrected chi connectivity index (χ2v) is 17.8. The molecule has 0 aromatic rings. The fourth-order valence-electron chi connectivity index (χ4n) is 7.55. The van der Waals surface area contributed by atoms with E-state index in [0.29, 0.717) is 25.9 Å². The largest absolute Gasteiger partial charge is 0.462 e. The molecule has 0 aliphatic carbocycles. The highest BCUT2D eigenvalue weighted by molar-refractivity contribution is 5.70. The Balaban J connectivity index is 4.35. The van der Waals surface area contributed by atoms with Gasteiger partial charge in [0.2, 0.25) is 0 Å². The van der Waals surface area contributed by atoms with E-state index in [0.717, 1.165) is 51.4 Å². The molecule has 5 nitrogen and oxygen atoms in total. The number of carbonyl (C=O) groups is 2. The first-order chi connectivity index (χ1) is 30.6. The average Bonchev–Trinajstić information content (AvgIpc) is 3.27. The molecule has 62 heavy (non-hydrogen) atoms. The Kier molecular flexibility index (Phi) is 50.9. The van der Waals surface area contributed by atoms with Crippen molar-refractivity contribution in [2.75, 3.05) is 19.8 Å². The van der Waals surface area contributed by atoms with Gasteiger partial charge in [-0.1, -0.05) is 255 Å². The monoisotopic (exact) mass is 867 g/mol. The number of ether oxygens (including phenoxy) is 3. The number of carbonyl (C=O) groups excluding carboxylic acids is 2. The van der Waals surface area contributed by atoms with E-state index in [9.17, 15) is 9.59 Å². The van der Waals surface area contributed by atoms with Crippen LogP contribution in [-0.4, -0.2) is 37.9 Å². The summed E-state index contributed by atoms with van der Waals surface area (Å²) in [6.45, 7) is 7.75. The van der Waals surface area contributed by atoms with Crippen molar-refractivity contribution in [1.29, 1.82) is 0 Å². The van der Waals surface area contributed by atoms with Crippen LogP contribution in [0.1, 0.15) is 265 Å². The molecule has 0 aromatic heterocycles. The van der Waals surface area contributed by atoms with Gasteiger partial charge in [0.05, 0.1) is 6.61 Å². The van der Waals surface area contributed by atoms with Crippen molar-refractivity contribution in [3.63, 3.8) is 0 Å². The van der Waals surface area contributed by atoms with Crippen LogP contribution in [0.15, 0.2) is 60.8 Å². The fraction of sp³-hybridized carbons (Fsp3) is 0.789. The van der Waals surface area contributed by atoms with Crippen molar-refractivity contribution >= 4 is 11.9 Å². The molecule has 0 spiro atoms. The SMILES string of the molecule is CCCCC/C=C\C/C=C\C/C=C\C/C=C\C/C=C\CCC(=O)O[C@H](COCCCCCCCCCCCCCCCCCC)COC(=O)CCCCCCCCCCCCC. The van der Waals surface area contributed by atoms with Gasteiger partial charge in [-0.25, -0.2) is 0 Å². The first-order valence-corrected chi connectivity index (χ1v) is 26.8. The molecule has 360 valence electrons. The lowest BCUT2D eigenvalue weighted by atomic mass is 10.0. The summed E-state index contributed by atoms with van der Waals surface area (Å²) in [6.07, 6.45) is 66.7. The Labute approximate surface area is 385 Å². The van der Waals surface area contributed by atoms with Crippen LogP contribution >= 0.6 is 0 Å². The molecule has 0 aromatic carbocycles. The van der Waals surface area contributed by atoms with Crippen molar-refractivity contribution in [3.05, 3.63) is 60.8 Å². The van der Waals surface area contributed by atoms with Crippen molar-refractivity contribution in [1.82, 2.24) is 0 Å². The lowest BCUT2D eigenvalue weighted by Gasteiger charge is -2.18.